The normalized spacial score (nSPS) is 14.2. The van der Waals surface area contributed by atoms with Crippen LogP contribution in [0, 0.1) is 6.92 Å². The SMILES string of the molecule is Cc1c(Cl)c(CO)cc2c1OCCO2. The van der Waals surface area contributed by atoms with E-state index in [2.05, 4.69) is 0 Å². The Balaban J connectivity index is 2.57. The van der Waals surface area contributed by atoms with Gasteiger partial charge in [0.05, 0.1) is 11.6 Å². The highest BCUT2D eigenvalue weighted by atomic mass is 35.5. The highest BCUT2D eigenvalue weighted by Gasteiger charge is 2.18. The maximum atomic E-state index is 9.06. The minimum atomic E-state index is -0.0870. The van der Waals surface area contributed by atoms with Crippen LogP contribution in [-0.2, 0) is 6.61 Å². The molecule has 2 rings (SSSR count). The van der Waals surface area contributed by atoms with E-state index in [0.717, 1.165) is 5.56 Å². The Hall–Kier alpha value is -0.930. The Bertz CT molecular complexity index is 363. The van der Waals surface area contributed by atoms with Crippen molar-refractivity contribution in [2.45, 2.75) is 13.5 Å². The molecule has 1 aliphatic rings. The van der Waals surface area contributed by atoms with E-state index in [1.807, 2.05) is 6.92 Å². The summed E-state index contributed by atoms with van der Waals surface area (Å²) in [7, 11) is 0. The van der Waals surface area contributed by atoms with Gasteiger partial charge in [-0.25, -0.2) is 0 Å². The number of benzene rings is 1. The first-order valence-corrected chi connectivity index (χ1v) is 4.80. The van der Waals surface area contributed by atoms with Crippen molar-refractivity contribution in [1.82, 2.24) is 0 Å². The molecule has 0 amide bonds. The van der Waals surface area contributed by atoms with Gasteiger partial charge in [-0.2, -0.15) is 0 Å². The van der Waals surface area contributed by atoms with Crippen LogP contribution < -0.4 is 9.47 Å². The summed E-state index contributed by atoms with van der Waals surface area (Å²) in [6.45, 7) is 2.85. The average Bonchev–Trinajstić information content (AvgIpc) is 2.23. The summed E-state index contributed by atoms with van der Waals surface area (Å²) in [5.41, 5.74) is 1.50. The maximum absolute atomic E-state index is 9.06. The van der Waals surface area contributed by atoms with Crippen molar-refractivity contribution in [3.8, 4) is 11.5 Å². The van der Waals surface area contributed by atoms with Crippen LogP contribution >= 0.6 is 11.6 Å². The summed E-state index contributed by atoms with van der Waals surface area (Å²) in [6.07, 6.45) is 0. The first-order valence-electron chi connectivity index (χ1n) is 4.42. The minimum Gasteiger partial charge on any atom is -0.486 e. The van der Waals surface area contributed by atoms with Gasteiger partial charge < -0.3 is 14.6 Å². The summed E-state index contributed by atoms with van der Waals surface area (Å²) in [4.78, 5) is 0. The Morgan fingerprint density at radius 2 is 2.14 bits per heavy atom. The summed E-state index contributed by atoms with van der Waals surface area (Å²) in [6, 6.07) is 1.73. The molecule has 14 heavy (non-hydrogen) atoms. The van der Waals surface area contributed by atoms with Crippen molar-refractivity contribution in [2.75, 3.05) is 13.2 Å². The molecule has 0 fully saturated rings. The Morgan fingerprint density at radius 3 is 2.86 bits per heavy atom. The Labute approximate surface area is 87.2 Å². The molecule has 0 spiro atoms. The monoisotopic (exact) mass is 214 g/mol. The zero-order valence-corrected chi connectivity index (χ0v) is 8.60. The van der Waals surface area contributed by atoms with Crippen LogP contribution in [0.1, 0.15) is 11.1 Å². The smallest absolute Gasteiger partial charge is 0.165 e. The molecule has 1 aliphatic heterocycles. The lowest BCUT2D eigenvalue weighted by molar-refractivity contribution is 0.169. The molecule has 0 aromatic heterocycles. The second-order valence-corrected chi connectivity index (χ2v) is 3.53. The van der Waals surface area contributed by atoms with Crippen LogP contribution in [0.5, 0.6) is 11.5 Å². The van der Waals surface area contributed by atoms with E-state index < -0.39 is 0 Å². The molecule has 0 atom stereocenters. The van der Waals surface area contributed by atoms with E-state index in [1.165, 1.54) is 0 Å². The number of aliphatic hydroxyl groups excluding tert-OH is 1. The van der Waals surface area contributed by atoms with Crippen molar-refractivity contribution < 1.29 is 14.6 Å². The van der Waals surface area contributed by atoms with Crippen molar-refractivity contribution >= 4 is 11.6 Å². The second-order valence-electron chi connectivity index (χ2n) is 3.16. The number of fused-ring (bicyclic) bond motifs is 1. The zero-order chi connectivity index (χ0) is 10.1. The van der Waals surface area contributed by atoms with Crippen molar-refractivity contribution in [2.24, 2.45) is 0 Å². The van der Waals surface area contributed by atoms with Crippen molar-refractivity contribution in [3.63, 3.8) is 0 Å². The van der Waals surface area contributed by atoms with Gasteiger partial charge in [-0.1, -0.05) is 11.6 Å². The summed E-state index contributed by atoms with van der Waals surface area (Å²) >= 11 is 6.03. The van der Waals surface area contributed by atoms with Gasteiger partial charge in [-0.15, -0.1) is 0 Å². The van der Waals surface area contributed by atoms with E-state index >= 15 is 0 Å². The number of ether oxygens (including phenoxy) is 2. The lowest BCUT2D eigenvalue weighted by atomic mass is 10.1. The van der Waals surface area contributed by atoms with Gasteiger partial charge in [0.15, 0.2) is 11.5 Å². The third-order valence-corrected chi connectivity index (χ3v) is 2.76. The summed E-state index contributed by atoms with van der Waals surface area (Å²) < 4.78 is 10.9. The molecular formula is C10H11ClO3. The Morgan fingerprint density at radius 1 is 1.43 bits per heavy atom. The maximum Gasteiger partial charge on any atom is 0.165 e. The number of halogens is 1. The third-order valence-electron chi connectivity index (χ3n) is 2.24. The first-order chi connectivity index (χ1) is 6.74. The van der Waals surface area contributed by atoms with E-state index in [0.29, 0.717) is 35.3 Å². The average molecular weight is 215 g/mol. The molecule has 4 heteroatoms. The largest absolute Gasteiger partial charge is 0.486 e. The van der Waals surface area contributed by atoms with Crippen molar-refractivity contribution in [3.05, 3.63) is 22.2 Å². The second kappa shape index (κ2) is 3.67. The van der Waals surface area contributed by atoms with Crippen LogP contribution in [-0.4, -0.2) is 18.3 Å². The molecule has 0 saturated heterocycles. The number of hydrogen-bond donors (Lipinski definition) is 1. The van der Waals surface area contributed by atoms with Gasteiger partial charge in [0, 0.05) is 11.1 Å². The van der Waals surface area contributed by atoms with E-state index in [4.69, 9.17) is 26.2 Å². The first kappa shape index (κ1) is 9.62. The van der Waals surface area contributed by atoms with Crippen LogP contribution in [0.15, 0.2) is 6.07 Å². The lowest BCUT2D eigenvalue weighted by Gasteiger charge is -2.21. The van der Waals surface area contributed by atoms with Crippen LogP contribution in [0.3, 0.4) is 0 Å². The van der Waals surface area contributed by atoms with Gasteiger partial charge in [-0.05, 0) is 13.0 Å². The molecule has 1 heterocycles. The predicted octanol–water partition coefficient (Wildman–Crippen LogP) is 1.91. The van der Waals surface area contributed by atoms with Gasteiger partial charge in [0.25, 0.3) is 0 Å². The zero-order valence-electron chi connectivity index (χ0n) is 7.84. The molecule has 0 radical (unpaired) electrons. The van der Waals surface area contributed by atoms with Gasteiger partial charge in [-0.3, -0.25) is 0 Å². The highest BCUT2D eigenvalue weighted by Crippen LogP contribution is 2.39. The Kier molecular flexibility index (Phi) is 2.52. The van der Waals surface area contributed by atoms with Gasteiger partial charge in [0.2, 0.25) is 0 Å². The van der Waals surface area contributed by atoms with Crippen molar-refractivity contribution in [1.29, 1.82) is 0 Å². The van der Waals surface area contributed by atoms with E-state index in [-0.39, 0.29) is 6.61 Å². The van der Waals surface area contributed by atoms with Crippen LogP contribution in [0.2, 0.25) is 5.02 Å². The summed E-state index contributed by atoms with van der Waals surface area (Å²) in [5, 5.41) is 9.62. The fourth-order valence-corrected chi connectivity index (χ4v) is 1.71. The number of aliphatic hydroxyl groups is 1. The van der Waals surface area contributed by atoms with E-state index in [1.54, 1.807) is 6.07 Å². The highest BCUT2D eigenvalue weighted by molar-refractivity contribution is 6.32. The molecule has 0 bridgehead atoms. The standard InChI is InChI=1S/C10H11ClO3/c1-6-9(11)7(5-12)4-8-10(6)14-3-2-13-8/h4,12H,2-3,5H2,1H3. The van der Waals surface area contributed by atoms with Gasteiger partial charge >= 0.3 is 0 Å². The molecular weight excluding hydrogens is 204 g/mol. The van der Waals surface area contributed by atoms with E-state index in [9.17, 15) is 0 Å². The summed E-state index contributed by atoms with van der Waals surface area (Å²) in [5.74, 6) is 1.36. The molecule has 0 unspecified atom stereocenters. The number of hydrogen-bond acceptors (Lipinski definition) is 3. The fourth-order valence-electron chi connectivity index (χ4n) is 1.51. The number of rotatable bonds is 1. The molecule has 1 aromatic carbocycles. The molecule has 1 N–H and O–H groups in total. The molecule has 0 saturated carbocycles. The molecule has 76 valence electrons. The quantitative estimate of drug-likeness (QED) is 0.776. The molecule has 1 aromatic rings. The third kappa shape index (κ3) is 1.42. The lowest BCUT2D eigenvalue weighted by Crippen LogP contribution is -2.16. The van der Waals surface area contributed by atoms with Crippen LogP contribution in [0.4, 0.5) is 0 Å². The fraction of sp³-hybridized carbons (Fsp3) is 0.400. The minimum absolute atomic E-state index is 0.0870. The van der Waals surface area contributed by atoms with Gasteiger partial charge in [0.1, 0.15) is 13.2 Å². The predicted molar refractivity (Wildman–Crippen MR) is 53.1 cm³/mol. The topological polar surface area (TPSA) is 38.7 Å². The molecule has 3 nitrogen and oxygen atoms in total. The van der Waals surface area contributed by atoms with Crippen LogP contribution in [0.25, 0.3) is 0 Å². The molecule has 0 aliphatic carbocycles.